The van der Waals surface area contributed by atoms with Crippen molar-refractivity contribution in [3.63, 3.8) is 0 Å². The second kappa shape index (κ2) is 8.84. The van der Waals surface area contributed by atoms with Gasteiger partial charge in [0.15, 0.2) is 0 Å². The van der Waals surface area contributed by atoms with E-state index in [1.807, 2.05) is 11.0 Å². The number of piperazine rings is 1. The Balaban J connectivity index is 1.36. The molecule has 0 spiro atoms. The third-order valence-corrected chi connectivity index (χ3v) is 6.24. The molecular formula is C23H24FN3OS. The van der Waals surface area contributed by atoms with Crippen LogP contribution < -0.4 is 0 Å². The van der Waals surface area contributed by atoms with Gasteiger partial charge in [-0.3, -0.25) is 9.69 Å². The number of halogens is 1. The van der Waals surface area contributed by atoms with Gasteiger partial charge >= 0.3 is 0 Å². The highest BCUT2D eigenvalue weighted by Gasteiger charge is 2.29. The largest absolute Gasteiger partial charge is 0.333 e. The van der Waals surface area contributed by atoms with Gasteiger partial charge in [-0.15, -0.1) is 11.3 Å². The van der Waals surface area contributed by atoms with Gasteiger partial charge in [0.25, 0.3) is 5.91 Å². The van der Waals surface area contributed by atoms with E-state index in [2.05, 4.69) is 41.1 Å². The Kier molecular flexibility index (Phi) is 6.02. The first-order valence-electron chi connectivity index (χ1n) is 9.85. The molecule has 1 atom stereocenters. The average molecular weight is 410 g/mol. The monoisotopic (exact) mass is 409 g/mol. The molecule has 1 amide bonds. The topological polar surface area (TPSA) is 36.4 Å². The Hall–Kier alpha value is -2.57. The minimum absolute atomic E-state index is 0.0553. The van der Waals surface area contributed by atoms with Gasteiger partial charge in [0.05, 0.1) is 11.2 Å². The molecule has 1 aromatic heterocycles. The number of hydrogen-bond acceptors (Lipinski definition) is 4. The quantitative estimate of drug-likeness (QED) is 0.633. The maximum atomic E-state index is 13.1. The molecule has 1 aliphatic heterocycles. The number of amides is 1. The minimum atomic E-state index is -0.246. The molecule has 4 rings (SSSR count). The molecule has 150 valence electrons. The van der Waals surface area contributed by atoms with Crippen LogP contribution in [0.15, 0.2) is 60.8 Å². The lowest BCUT2D eigenvalue weighted by atomic mass is 10.1. The molecule has 1 aliphatic rings. The van der Waals surface area contributed by atoms with E-state index in [1.54, 1.807) is 18.3 Å². The van der Waals surface area contributed by atoms with Crippen molar-refractivity contribution in [3.05, 3.63) is 87.6 Å². The van der Waals surface area contributed by atoms with Gasteiger partial charge in [-0.1, -0.05) is 42.5 Å². The summed E-state index contributed by atoms with van der Waals surface area (Å²) in [5.41, 5.74) is 2.29. The molecule has 0 aliphatic carbocycles. The van der Waals surface area contributed by atoms with E-state index in [0.29, 0.717) is 11.3 Å². The number of thiazole rings is 1. The number of aromatic nitrogens is 1. The molecule has 0 radical (unpaired) electrons. The predicted molar refractivity (Wildman–Crippen MR) is 114 cm³/mol. The van der Waals surface area contributed by atoms with Crippen molar-refractivity contribution >= 4 is 17.2 Å². The Morgan fingerprint density at radius 2 is 1.86 bits per heavy atom. The Labute approximate surface area is 174 Å². The first kappa shape index (κ1) is 19.7. The van der Waals surface area contributed by atoms with Crippen LogP contribution in [0, 0.1) is 5.82 Å². The van der Waals surface area contributed by atoms with Crippen LogP contribution >= 0.6 is 11.3 Å². The summed E-state index contributed by atoms with van der Waals surface area (Å²) in [6.45, 7) is 5.47. The van der Waals surface area contributed by atoms with Crippen molar-refractivity contribution in [1.82, 2.24) is 14.8 Å². The lowest BCUT2D eigenvalue weighted by molar-refractivity contribution is 0.0480. The van der Waals surface area contributed by atoms with Crippen LogP contribution in [0.25, 0.3) is 0 Å². The van der Waals surface area contributed by atoms with E-state index in [1.165, 1.54) is 29.0 Å². The summed E-state index contributed by atoms with van der Waals surface area (Å²) < 4.78 is 13.1. The summed E-state index contributed by atoms with van der Waals surface area (Å²) in [5.74, 6) is -0.191. The maximum absolute atomic E-state index is 13.1. The van der Waals surface area contributed by atoms with Crippen LogP contribution in [-0.4, -0.2) is 46.4 Å². The van der Waals surface area contributed by atoms with Crippen molar-refractivity contribution in [2.24, 2.45) is 0 Å². The number of carbonyl (C=O) groups is 1. The lowest BCUT2D eigenvalue weighted by Crippen LogP contribution is -2.53. The SMILES string of the molecule is CC1CN(Cc2ccccc2)CCN1C(=O)c1cnc(Cc2ccc(F)cc2)s1. The van der Waals surface area contributed by atoms with E-state index < -0.39 is 0 Å². The molecule has 3 aromatic rings. The highest BCUT2D eigenvalue weighted by atomic mass is 32.1. The molecule has 2 heterocycles. The predicted octanol–water partition coefficient (Wildman–Crippen LogP) is 4.22. The van der Waals surface area contributed by atoms with Crippen LogP contribution in [0.1, 0.15) is 32.7 Å². The highest BCUT2D eigenvalue weighted by Crippen LogP contribution is 2.22. The zero-order valence-electron chi connectivity index (χ0n) is 16.4. The molecular weight excluding hydrogens is 385 g/mol. The van der Waals surface area contributed by atoms with Gasteiger partial charge in [0, 0.05) is 38.6 Å². The van der Waals surface area contributed by atoms with E-state index >= 15 is 0 Å². The Morgan fingerprint density at radius 1 is 1.10 bits per heavy atom. The fraction of sp³-hybridized carbons (Fsp3) is 0.304. The number of carbonyl (C=O) groups excluding carboxylic acids is 1. The summed E-state index contributed by atoms with van der Waals surface area (Å²) >= 11 is 1.43. The van der Waals surface area contributed by atoms with Crippen molar-refractivity contribution in [3.8, 4) is 0 Å². The van der Waals surface area contributed by atoms with Gasteiger partial charge in [-0.05, 0) is 30.2 Å². The molecule has 0 saturated carbocycles. The van der Waals surface area contributed by atoms with Gasteiger partial charge < -0.3 is 4.90 Å². The maximum Gasteiger partial charge on any atom is 0.265 e. The molecule has 0 N–H and O–H groups in total. The molecule has 0 bridgehead atoms. The third-order valence-electron chi connectivity index (χ3n) is 5.25. The molecule has 29 heavy (non-hydrogen) atoms. The van der Waals surface area contributed by atoms with Crippen molar-refractivity contribution in [2.75, 3.05) is 19.6 Å². The molecule has 4 nitrogen and oxygen atoms in total. The van der Waals surface area contributed by atoms with Crippen molar-refractivity contribution < 1.29 is 9.18 Å². The minimum Gasteiger partial charge on any atom is -0.333 e. The average Bonchev–Trinajstić information content (AvgIpc) is 3.19. The van der Waals surface area contributed by atoms with Crippen molar-refractivity contribution in [1.29, 1.82) is 0 Å². The zero-order valence-corrected chi connectivity index (χ0v) is 17.2. The third kappa shape index (κ3) is 4.89. The smallest absolute Gasteiger partial charge is 0.265 e. The number of nitrogens with zero attached hydrogens (tertiary/aromatic N) is 3. The van der Waals surface area contributed by atoms with Gasteiger partial charge in [-0.2, -0.15) is 0 Å². The van der Waals surface area contributed by atoms with E-state index in [0.717, 1.165) is 36.8 Å². The van der Waals surface area contributed by atoms with Crippen LogP contribution in [0.2, 0.25) is 0 Å². The van der Waals surface area contributed by atoms with Gasteiger partial charge in [0.2, 0.25) is 0 Å². The summed E-state index contributed by atoms with van der Waals surface area (Å²) in [5, 5.41) is 0.871. The Bertz CT molecular complexity index is 958. The first-order chi connectivity index (χ1) is 14.1. The van der Waals surface area contributed by atoms with Gasteiger partial charge in [0.1, 0.15) is 10.7 Å². The van der Waals surface area contributed by atoms with Crippen LogP contribution in [-0.2, 0) is 13.0 Å². The second-order valence-electron chi connectivity index (χ2n) is 7.49. The molecule has 1 saturated heterocycles. The van der Waals surface area contributed by atoms with Gasteiger partial charge in [-0.25, -0.2) is 9.37 Å². The summed E-state index contributed by atoms with van der Waals surface area (Å²) in [6, 6.07) is 17.0. The van der Waals surface area contributed by atoms with Crippen LogP contribution in [0.4, 0.5) is 4.39 Å². The Morgan fingerprint density at radius 3 is 2.59 bits per heavy atom. The summed E-state index contributed by atoms with van der Waals surface area (Å²) in [4.78, 5) is 22.5. The molecule has 2 aromatic carbocycles. The molecule has 1 fully saturated rings. The van der Waals surface area contributed by atoms with Crippen LogP contribution in [0.5, 0.6) is 0 Å². The fourth-order valence-corrected chi connectivity index (χ4v) is 4.64. The van der Waals surface area contributed by atoms with Crippen molar-refractivity contribution in [2.45, 2.75) is 25.9 Å². The lowest BCUT2D eigenvalue weighted by Gasteiger charge is -2.39. The van der Waals surface area contributed by atoms with Crippen LogP contribution in [0.3, 0.4) is 0 Å². The summed E-state index contributed by atoms with van der Waals surface area (Å²) in [7, 11) is 0. The van der Waals surface area contributed by atoms with E-state index in [-0.39, 0.29) is 17.8 Å². The highest BCUT2D eigenvalue weighted by molar-refractivity contribution is 7.13. The first-order valence-corrected chi connectivity index (χ1v) is 10.7. The number of rotatable bonds is 5. The molecule has 6 heteroatoms. The second-order valence-corrected chi connectivity index (χ2v) is 8.60. The molecule has 1 unspecified atom stereocenters. The van der Waals surface area contributed by atoms with E-state index in [9.17, 15) is 9.18 Å². The standard InChI is InChI=1S/C23H24FN3OS/c1-17-15-26(16-19-5-3-2-4-6-19)11-12-27(17)23(28)21-14-25-22(29-21)13-18-7-9-20(24)10-8-18/h2-10,14,17H,11-13,15-16H2,1H3. The fourth-order valence-electron chi connectivity index (χ4n) is 3.73. The zero-order chi connectivity index (χ0) is 20.2. The normalized spacial score (nSPS) is 17.4. The number of hydrogen-bond donors (Lipinski definition) is 0. The van der Waals surface area contributed by atoms with E-state index in [4.69, 9.17) is 0 Å². The number of benzene rings is 2. The summed E-state index contributed by atoms with van der Waals surface area (Å²) in [6.07, 6.45) is 2.29.